The first-order valence-corrected chi connectivity index (χ1v) is 9.51. The van der Waals surface area contributed by atoms with Crippen molar-refractivity contribution in [3.8, 4) is 5.75 Å². The number of halogens is 1. The molecule has 0 saturated carbocycles. The van der Waals surface area contributed by atoms with Crippen molar-refractivity contribution in [2.24, 2.45) is 5.73 Å². The van der Waals surface area contributed by atoms with Crippen LogP contribution in [0.25, 0.3) is 0 Å². The van der Waals surface area contributed by atoms with E-state index in [1.807, 2.05) is 6.92 Å². The molecule has 2 aromatic carbocycles. The minimum Gasteiger partial charge on any atom is -0.496 e. The Balaban J connectivity index is 2.48. The van der Waals surface area contributed by atoms with Gasteiger partial charge < -0.3 is 21.5 Å². The molecule has 0 aromatic heterocycles. The summed E-state index contributed by atoms with van der Waals surface area (Å²) in [7, 11) is 1.39. The molecule has 2 atom stereocenters. The SMILES string of the molecule is CC[C@@H](N[C@H](C)CC(N)=O)c1ccc(OC)c(C(=O)c2ccc(N)c(C)c2)c1F. The summed E-state index contributed by atoms with van der Waals surface area (Å²) < 4.78 is 20.8. The van der Waals surface area contributed by atoms with Gasteiger partial charge in [-0.25, -0.2) is 4.39 Å². The first-order valence-electron chi connectivity index (χ1n) is 9.51. The molecule has 0 aliphatic rings. The van der Waals surface area contributed by atoms with E-state index >= 15 is 4.39 Å². The molecule has 0 aliphatic carbocycles. The van der Waals surface area contributed by atoms with E-state index in [1.165, 1.54) is 7.11 Å². The Morgan fingerprint density at radius 2 is 1.93 bits per heavy atom. The molecule has 0 heterocycles. The predicted octanol–water partition coefficient (Wildman–Crippen LogP) is 3.26. The van der Waals surface area contributed by atoms with Gasteiger partial charge in [0, 0.05) is 35.3 Å². The number of rotatable bonds is 9. The molecule has 0 aliphatic heterocycles. The average Bonchev–Trinajstić information content (AvgIpc) is 2.67. The molecule has 6 nitrogen and oxygen atoms in total. The summed E-state index contributed by atoms with van der Waals surface area (Å²) in [6.45, 7) is 5.48. The molecular formula is C22H28FN3O3. The number of carbonyl (C=O) groups is 2. The van der Waals surface area contributed by atoms with E-state index in [1.54, 1.807) is 44.2 Å². The molecule has 2 rings (SSSR count). The lowest BCUT2D eigenvalue weighted by molar-refractivity contribution is -0.118. The van der Waals surface area contributed by atoms with Crippen molar-refractivity contribution in [2.45, 2.75) is 45.7 Å². The maximum atomic E-state index is 15.5. The van der Waals surface area contributed by atoms with Gasteiger partial charge in [-0.15, -0.1) is 0 Å². The van der Waals surface area contributed by atoms with Crippen LogP contribution in [0.1, 0.15) is 59.8 Å². The zero-order chi connectivity index (χ0) is 21.7. The van der Waals surface area contributed by atoms with Gasteiger partial charge in [-0.2, -0.15) is 0 Å². The first-order chi connectivity index (χ1) is 13.7. The van der Waals surface area contributed by atoms with E-state index in [0.717, 1.165) is 5.56 Å². The van der Waals surface area contributed by atoms with Crippen LogP contribution in [-0.2, 0) is 4.79 Å². The van der Waals surface area contributed by atoms with E-state index in [4.69, 9.17) is 16.2 Å². The Bertz CT molecular complexity index is 914. The summed E-state index contributed by atoms with van der Waals surface area (Å²) in [6.07, 6.45) is 0.686. The van der Waals surface area contributed by atoms with E-state index < -0.39 is 23.5 Å². The minimum absolute atomic E-state index is 0.128. The number of nitrogens with two attached hydrogens (primary N) is 2. The molecule has 0 bridgehead atoms. The topological polar surface area (TPSA) is 107 Å². The van der Waals surface area contributed by atoms with Crippen LogP contribution in [0.4, 0.5) is 10.1 Å². The van der Waals surface area contributed by atoms with E-state index in [0.29, 0.717) is 23.2 Å². The number of hydrogen-bond donors (Lipinski definition) is 3. The maximum absolute atomic E-state index is 15.5. The monoisotopic (exact) mass is 401 g/mol. The summed E-state index contributed by atoms with van der Waals surface area (Å²) >= 11 is 0. The third-order valence-electron chi connectivity index (χ3n) is 4.89. The molecular weight excluding hydrogens is 373 g/mol. The fraction of sp³-hybridized carbons (Fsp3) is 0.364. The lowest BCUT2D eigenvalue weighted by Crippen LogP contribution is -2.34. The second-order valence-corrected chi connectivity index (χ2v) is 7.15. The number of methoxy groups -OCH3 is 1. The number of carbonyl (C=O) groups excluding carboxylic acids is 2. The second kappa shape index (κ2) is 9.52. The third-order valence-corrected chi connectivity index (χ3v) is 4.89. The Morgan fingerprint density at radius 1 is 1.24 bits per heavy atom. The highest BCUT2D eigenvalue weighted by Gasteiger charge is 2.26. The fourth-order valence-electron chi connectivity index (χ4n) is 3.32. The first kappa shape index (κ1) is 22.4. The van der Waals surface area contributed by atoms with Crippen LogP contribution in [0, 0.1) is 12.7 Å². The van der Waals surface area contributed by atoms with Crippen molar-refractivity contribution in [2.75, 3.05) is 12.8 Å². The largest absolute Gasteiger partial charge is 0.496 e. The van der Waals surface area contributed by atoms with Crippen molar-refractivity contribution in [3.63, 3.8) is 0 Å². The molecule has 5 N–H and O–H groups in total. The molecule has 0 radical (unpaired) electrons. The van der Waals surface area contributed by atoms with Crippen LogP contribution in [0.2, 0.25) is 0 Å². The summed E-state index contributed by atoms with van der Waals surface area (Å²) in [5.74, 6) is -1.41. The maximum Gasteiger partial charge on any atom is 0.218 e. The Hall–Kier alpha value is -2.93. The number of nitrogens with one attached hydrogen (secondary N) is 1. The number of ketones is 1. The summed E-state index contributed by atoms with van der Waals surface area (Å²) in [5.41, 5.74) is 12.9. The highest BCUT2D eigenvalue weighted by atomic mass is 19.1. The average molecular weight is 401 g/mol. The normalized spacial score (nSPS) is 13.0. The molecule has 1 amide bonds. The number of ether oxygens (including phenoxy) is 1. The number of anilines is 1. The van der Waals surface area contributed by atoms with Crippen molar-refractivity contribution in [3.05, 3.63) is 58.4 Å². The second-order valence-electron chi connectivity index (χ2n) is 7.15. The number of aryl methyl sites for hydroxylation is 1. The Kier molecular flexibility index (Phi) is 7.34. The van der Waals surface area contributed by atoms with Gasteiger partial charge in [-0.05, 0) is 50.1 Å². The van der Waals surface area contributed by atoms with Crippen LogP contribution >= 0.6 is 0 Å². The van der Waals surface area contributed by atoms with Crippen LogP contribution < -0.4 is 21.5 Å². The molecule has 2 aromatic rings. The van der Waals surface area contributed by atoms with Gasteiger partial charge in [0.1, 0.15) is 17.1 Å². The molecule has 156 valence electrons. The standard InChI is InChI=1S/C22H28FN3O3/c1-5-17(26-13(3)11-19(25)27)15-7-9-18(29-4)20(21(15)23)22(28)14-6-8-16(24)12(2)10-14/h6-10,13,17,26H,5,11,24H2,1-4H3,(H2,25,27)/t13-,17-/m1/s1. The van der Waals surface area contributed by atoms with Crippen molar-refractivity contribution in [1.82, 2.24) is 5.32 Å². The van der Waals surface area contributed by atoms with Gasteiger partial charge >= 0.3 is 0 Å². The highest BCUT2D eigenvalue weighted by Crippen LogP contribution is 2.32. The molecule has 7 heteroatoms. The molecule has 0 saturated heterocycles. The number of hydrogen-bond acceptors (Lipinski definition) is 5. The zero-order valence-corrected chi connectivity index (χ0v) is 17.2. The Morgan fingerprint density at radius 3 is 2.48 bits per heavy atom. The number of amides is 1. The number of benzene rings is 2. The van der Waals surface area contributed by atoms with Crippen LogP contribution in [0.3, 0.4) is 0 Å². The molecule has 0 fully saturated rings. The van der Waals surface area contributed by atoms with Gasteiger partial charge in [0.15, 0.2) is 5.78 Å². The van der Waals surface area contributed by atoms with Crippen LogP contribution in [-0.4, -0.2) is 24.8 Å². The fourth-order valence-corrected chi connectivity index (χ4v) is 3.32. The van der Waals surface area contributed by atoms with Crippen molar-refractivity contribution < 1.29 is 18.7 Å². The highest BCUT2D eigenvalue weighted by molar-refractivity contribution is 6.11. The van der Waals surface area contributed by atoms with Crippen LogP contribution in [0.5, 0.6) is 5.75 Å². The molecule has 29 heavy (non-hydrogen) atoms. The summed E-state index contributed by atoms with van der Waals surface area (Å²) in [5, 5.41) is 3.21. The van der Waals surface area contributed by atoms with Crippen molar-refractivity contribution >= 4 is 17.4 Å². The van der Waals surface area contributed by atoms with E-state index in [-0.39, 0.29) is 23.8 Å². The summed E-state index contributed by atoms with van der Waals surface area (Å²) in [6, 6.07) is 7.37. The van der Waals surface area contributed by atoms with Gasteiger partial charge in [0.05, 0.1) is 7.11 Å². The summed E-state index contributed by atoms with van der Waals surface area (Å²) in [4.78, 5) is 24.3. The molecule has 0 unspecified atom stereocenters. The van der Waals surface area contributed by atoms with Crippen LogP contribution in [0.15, 0.2) is 30.3 Å². The van der Waals surface area contributed by atoms with Gasteiger partial charge in [-0.1, -0.05) is 13.0 Å². The zero-order valence-electron chi connectivity index (χ0n) is 17.2. The quantitative estimate of drug-likeness (QED) is 0.442. The third kappa shape index (κ3) is 5.12. The van der Waals surface area contributed by atoms with Gasteiger partial charge in [0.25, 0.3) is 0 Å². The molecule has 0 spiro atoms. The van der Waals surface area contributed by atoms with Gasteiger partial charge in [0.2, 0.25) is 5.91 Å². The smallest absolute Gasteiger partial charge is 0.218 e. The minimum atomic E-state index is -0.644. The van der Waals surface area contributed by atoms with E-state index in [2.05, 4.69) is 5.32 Å². The van der Waals surface area contributed by atoms with Crippen molar-refractivity contribution in [1.29, 1.82) is 0 Å². The van der Waals surface area contributed by atoms with E-state index in [9.17, 15) is 9.59 Å². The van der Waals surface area contributed by atoms with Gasteiger partial charge in [-0.3, -0.25) is 9.59 Å². The Labute approximate surface area is 170 Å². The number of primary amides is 1. The lowest BCUT2D eigenvalue weighted by Gasteiger charge is -2.24. The number of nitrogen functional groups attached to an aromatic ring is 1. The predicted molar refractivity (Wildman–Crippen MR) is 111 cm³/mol. The lowest BCUT2D eigenvalue weighted by atomic mass is 9.94.